The molecule has 0 amide bonds. The first-order valence-electron chi connectivity index (χ1n) is 9.98. The van der Waals surface area contributed by atoms with Crippen LogP contribution in [0.25, 0.3) is 22.0 Å². The summed E-state index contributed by atoms with van der Waals surface area (Å²) in [5, 5.41) is 20.6. The quantitative estimate of drug-likeness (QED) is 0.651. The Labute approximate surface area is 173 Å². The van der Waals surface area contributed by atoms with Gasteiger partial charge in [0, 0.05) is 53.7 Å². The van der Waals surface area contributed by atoms with E-state index in [1.807, 2.05) is 76.5 Å². The fourth-order valence-corrected chi connectivity index (χ4v) is 3.20. The molecule has 29 heavy (non-hydrogen) atoms. The summed E-state index contributed by atoms with van der Waals surface area (Å²) in [6.07, 6.45) is 3.30. The molecule has 3 rings (SSSR count). The van der Waals surface area contributed by atoms with Gasteiger partial charge < -0.3 is 19.7 Å². The third-order valence-electron chi connectivity index (χ3n) is 4.32. The second-order valence-electron chi connectivity index (χ2n) is 6.42. The third kappa shape index (κ3) is 5.57. The van der Waals surface area contributed by atoms with E-state index in [0.717, 1.165) is 27.7 Å². The summed E-state index contributed by atoms with van der Waals surface area (Å²) < 4.78 is 2.01. The van der Waals surface area contributed by atoms with Crippen molar-refractivity contribution in [1.29, 1.82) is 0 Å². The van der Waals surface area contributed by atoms with E-state index in [0.29, 0.717) is 12.1 Å². The van der Waals surface area contributed by atoms with Crippen LogP contribution in [0.4, 0.5) is 0 Å². The predicted octanol–water partition coefficient (Wildman–Crippen LogP) is 4.69. The van der Waals surface area contributed by atoms with Gasteiger partial charge in [0.05, 0.1) is 6.42 Å². The van der Waals surface area contributed by atoms with Gasteiger partial charge in [0.1, 0.15) is 5.75 Å². The lowest BCUT2D eigenvalue weighted by molar-refractivity contribution is -0.136. The minimum atomic E-state index is -0.886. The Morgan fingerprint density at radius 2 is 1.83 bits per heavy atom. The maximum Gasteiger partial charge on any atom is 0.307 e. The predicted molar refractivity (Wildman–Crippen MR) is 119 cm³/mol. The van der Waals surface area contributed by atoms with Crippen molar-refractivity contribution in [2.45, 2.75) is 40.7 Å². The zero-order valence-corrected chi connectivity index (χ0v) is 18.5. The van der Waals surface area contributed by atoms with Crippen LogP contribution in [0.1, 0.15) is 39.0 Å². The average molecular weight is 400 g/mol. The van der Waals surface area contributed by atoms with Crippen LogP contribution in [0.5, 0.6) is 5.75 Å². The second kappa shape index (κ2) is 11.2. The van der Waals surface area contributed by atoms with Gasteiger partial charge in [-0.25, -0.2) is 0 Å². The summed E-state index contributed by atoms with van der Waals surface area (Å²) in [6.45, 7) is 8.62. The molecule has 2 aromatic heterocycles. The van der Waals surface area contributed by atoms with Crippen molar-refractivity contribution in [2.75, 3.05) is 14.1 Å². The Bertz CT molecular complexity index is 932. The van der Waals surface area contributed by atoms with E-state index >= 15 is 0 Å². The molecule has 158 valence electrons. The Balaban J connectivity index is 0.000000989. The van der Waals surface area contributed by atoms with Gasteiger partial charge >= 0.3 is 5.97 Å². The highest BCUT2D eigenvalue weighted by Crippen LogP contribution is 2.36. The van der Waals surface area contributed by atoms with Crippen LogP contribution >= 0.6 is 0 Å². The molecule has 0 saturated carbocycles. The summed E-state index contributed by atoms with van der Waals surface area (Å²) in [5.74, 6) is -0.766. The lowest BCUT2D eigenvalue weighted by atomic mass is 10.0. The highest BCUT2D eigenvalue weighted by atomic mass is 16.4. The number of carbonyl (C=O) groups is 1. The highest BCUT2D eigenvalue weighted by molar-refractivity contribution is 5.94. The molecule has 0 atom stereocenters. The lowest BCUT2D eigenvalue weighted by Gasteiger charge is -2.12. The minimum absolute atomic E-state index is 0.0772. The van der Waals surface area contributed by atoms with Crippen molar-refractivity contribution in [2.24, 2.45) is 7.05 Å². The zero-order chi connectivity index (χ0) is 22.1. The fourth-order valence-electron chi connectivity index (χ4n) is 3.20. The second-order valence-corrected chi connectivity index (χ2v) is 6.42. The molecule has 0 fully saturated rings. The molecule has 0 aliphatic rings. The summed E-state index contributed by atoms with van der Waals surface area (Å²) in [4.78, 5) is 17.4. The summed E-state index contributed by atoms with van der Waals surface area (Å²) in [6, 6.07) is 7.26. The van der Waals surface area contributed by atoms with Gasteiger partial charge in [-0.05, 0) is 37.9 Å². The Morgan fingerprint density at radius 3 is 2.34 bits per heavy atom. The van der Waals surface area contributed by atoms with Crippen molar-refractivity contribution in [1.82, 2.24) is 14.5 Å². The van der Waals surface area contributed by atoms with E-state index in [4.69, 9.17) is 0 Å². The molecule has 3 aromatic rings. The van der Waals surface area contributed by atoms with Crippen molar-refractivity contribution in [3.05, 3.63) is 47.9 Å². The number of carboxylic acid groups (broad SMARTS) is 1. The number of carboxylic acids is 1. The number of aryl methyl sites for hydroxylation is 1. The number of hydrogen-bond acceptors (Lipinski definition) is 4. The molecule has 2 N–H and O–H groups in total. The number of hydrogen-bond donors (Lipinski definition) is 2. The number of phenols is 1. The molecule has 0 aliphatic carbocycles. The number of nitrogens with zero attached hydrogens (tertiary/aromatic N) is 3. The van der Waals surface area contributed by atoms with Crippen LogP contribution in [0, 0.1) is 0 Å². The van der Waals surface area contributed by atoms with Gasteiger partial charge in [-0.1, -0.05) is 33.8 Å². The molecule has 0 saturated heterocycles. The van der Waals surface area contributed by atoms with Gasteiger partial charge in [0.2, 0.25) is 0 Å². The lowest BCUT2D eigenvalue weighted by Crippen LogP contribution is -2.15. The first-order chi connectivity index (χ1) is 13.9. The number of rotatable bonds is 5. The maximum atomic E-state index is 11.3. The number of aliphatic carboxylic acids is 1. The topological polar surface area (TPSA) is 78.6 Å². The molecule has 1 aromatic carbocycles. The van der Waals surface area contributed by atoms with E-state index in [9.17, 15) is 15.0 Å². The molecule has 0 aliphatic heterocycles. The molecular weight excluding hydrogens is 366 g/mol. The first kappa shape index (κ1) is 24.2. The van der Waals surface area contributed by atoms with E-state index in [-0.39, 0.29) is 12.2 Å². The van der Waals surface area contributed by atoms with Crippen LogP contribution in [0.2, 0.25) is 0 Å². The molecule has 0 unspecified atom stereocenters. The molecule has 0 bridgehead atoms. The zero-order valence-electron chi connectivity index (χ0n) is 18.5. The molecule has 2 heterocycles. The Hall–Kier alpha value is -2.86. The maximum absolute atomic E-state index is 11.3. The fraction of sp³-hybridized carbons (Fsp3) is 0.391. The van der Waals surface area contributed by atoms with Crippen molar-refractivity contribution in [3.63, 3.8) is 0 Å². The normalized spacial score (nSPS) is 10.2. The number of benzene rings is 1. The van der Waals surface area contributed by atoms with E-state index in [1.54, 1.807) is 18.5 Å². The Kier molecular flexibility index (Phi) is 9.35. The van der Waals surface area contributed by atoms with Crippen LogP contribution in [0.3, 0.4) is 0 Å². The highest BCUT2D eigenvalue weighted by Gasteiger charge is 2.20. The van der Waals surface area contributed by atoms with Crippen molar-refractivity contribution < 1.29 is 15.0 Å². The smallest absolute Gasteiger partial charge is 0.307 e. The van der Waals surface area contributed by atoms with Gasteiger partial charge in [-0.3, -0.25) is 9.78 Å². The SMILES string of the molecule is CC.CC.CN(C)Cc1c(CC(=O)O)c2cc(O)c(-c3cccnc3)cc2n1C. The van der Waals surface area contributed by atoms with Crippen molar-refractivity contribution in [3.8, 4) is 16.9 Å². The third-order valence-corrected chi connectivity index (χ3v) is 4.32. The van der Waals surface area contributed by atoms with Crippen LogP contribution in [-0.4, -0.2) is 44.7 Å². The number of aromatic nitrogens is 2. The van der Waals surface area contributed by atoms with Crippen LogP contribution in [0.15, 0.2) is 36.7 Å². The van der Waals surface area contributed by atoms with Crippen LogP contribution in [-0.2, 0) is 24.8 Å². The number of fused-ring (bicyclic) bond motifs is 1. The molecule has 6 heteroatoms. The molecule has 6 nitrogen and oxygen atoms in total. The summed E-state index contributed by atoms with van der Waals surface area (Å²) in [5.41, 5.74) is 4.07. The van der Waals surface area contributed by atoms with Gasteiger partial charge in [-0.2, -0.15) is 0 Å². The minimum Gasteiger partial charge on any atom is -0.507 e. The van der Waals surface area contributed by atoms with Gasteiger partial charge in [0.25, 0.3) is 0 Å². The Morgan fingerprint density at radius 1 is 1.17 bits per heavy atom. The number of phenolic OH excluding ortho intramolecular Hbond substituents is 1. The van der Waals surface area contributed by atoms with E-state index in [1.165, 1.54) is 0 Å². The monoisotopic (exact) mass is 399 g/mol. The first-order valence-corrected chi connectivity index (χ1v) is 9.98. The molecular formula is C23H33N3O3. The molecule has 0 radical (unpaired) electrons. The van der Waals surface area contributed by atoms with Crippen LogP contribution < -0.4 is 0 Å². The number of aromatic hydroxyl groups is 1. The standard InChI is InChI=1S/C19H21N3O3.2C2H6/c1-21(2)11-17-15(9-19(24)25)14-8-18(23)13(7-16(14)22(17)3)12-5-4-6-20-10-12;2*1-2/h4-8,10,23H,9,11H2,1-3H3,(H,24,25);2*1-2H3. The van der Waals surface area contributed by atoms with E-state index in [2.05, 4.69) is 4.98 Å². The molecule has 0 spiro atoms. The summed E-state index contributed by atoms with van der Waals surface area (Å²) >= 11 is 0. The largest absolute Gasteiger partial charge is 0.507 e. The van der Waals surface area contributed by atoms with E-state index < -0.39 is 5.97 Å². The van der Waals surface area contributed by atoms with Crippen molar-refractivity contribution >= 4 is 16.9 Å². The average Bonchev–Trinajstić information content (AvgIpc) is 2.95. The van der Waals surface area contributed by atoms with Gasteiger partial charge in [0.15, 0.2) is 0 Å². The summed E-state index contributed by atoms with van der Waals surface area (Å²) in [7, 11) is 5.82. The number of pyridine rings is 1. The van der Waals surface area contributed by atoms with Gasteiger partial charge in [-0.15, -0.1) is 0 Å².